The van der Waals surface area contributed by atoms with Crippen molar-refractivity contribution in [1.82, 2.24) is 10.2 Å². The summed E-state index contributed by atoms with van der Waals surface area (Å²) in [7, 11) is 3.29. The molecule has 0 unspecified atom stereocenters. The third-order valence-electron chi connectivity index (χ3n) is 4.91. The first-order chi connectivity index (χ1) is 13.1. The lowest BCUT2D eigenvalue weighted by Crippen LogP contribution is -2.36. The van der Waals surface area contributed by atoms with Gasteiger partial charge in [0, 0.05) is 18.2 Å². The molecule has 0 saturated carbocycles. The summed E-state index contributed by atoms with van der Waals surface area (Å²) < 4.78 is 23.8. The molecule has 0 aliphatic carbocycles. The molecule has 1 amide bonds. The molecule has 6 heteroatoms. The summed E-state index contributed by atoms with van der Waals surface area (Å²) in [4.78, 5) is 14.6. The molecule has 0 spiro atoms. The van der Waals surface area contributed by atoms with Gasteiger partial charge in [0.15, 0.2) is 0 Å². The molecule has 1 saturated heterocycles. The minimum Gasteiger partial charge on any atom is -0.497 e. The first-order valence-electron chi connectivity index (χ1n) is 9.08. The molecule has 1 aliphatic rings. The third kappa shape index (κ3) is 4.77. The first kappa shape index (κ1) is 19.2. The number of hydrogen-bond donors (Lipinski definition) is 1. The summed E-state index contributed by atoms with van der Waals surface area (Å²) in [5.41, 5.74) is 1.91. The number of carbonyl (C=O) groups excluding carboxylic acids is 1. The van der Waals surface area contributed by atoms with E-state index in [1.807, 2.05) is 18.2 Å². The van der Waals surface area contributed by atoms with Gasteiger partial charge in [-0.2, -0.15) is 0 Å². The van der Waals surface area contributed by atoms with E-state index in [1.54, 1.807) is 26.4 Å². The molecule has 0 aromatic heterocycles. The number of amides is 1. The van der Waals surface area contributed by atoms with Crippen LogP contribution < -0.4 is 14.8 Å². The van der Waals surface area contributed by atoms with Crippen LogP contribution in [0.4, 0.5) is 4.39 Å². The Balaban J connectivity index is 1.64. The summed E-state index contributed by atoms with van der Waals surface area (Å²) in [6.07, 6.45) is 1.99. The van der Waals surface area contributed by atoms with Gasteiger partial charge in [-0.1, -0.05) is 12.1 Å². The van der Waals surface area contributed by atoms with E-state index in [4.69, 9.17) is 9.47 Å². The second-order valence-electron chi connectivity index (χ2n) is 6.64. The summed E-state index contributed by atoms with van der Waals surface area (Å²) in [5.74, 6) is 1.25. The Morgan fingerprint density at radius 3 is 2.67 bits per heavy atom. The number of halogens is 1. The van der Waals surface area contributed by atoms with Gasteiger partial charge >= 0.3 is 0 Å². The van der Waals surface area contributed by atoms with E-state index in [0.29, 0.717) is 13.1 Å². The van der Waals surface area contributed by atoms with Gasteiger partial charge in [0.05, 0.1) is 20.8 Å². The molecule has 1 heterocycles. The van der Waals surface area contributed by atoms with E-state index in [9.17, 15) is 9.18 Å². The molecule has 0 bridgehead atoms. The maximum atomic E-state index is 13.0. The van der Waals surface area contributed by atoms with Crippen molar-refractivity contribution < 1.29 is 18.7 Å². The highest BCUT2D eigenvalue weighted by molar-refractivity contribution is 5.78. The normalized spacial score (nSPS) is 16.9. The largest absolute Gasteiger partial charge is 0.497 e. The number of rotatable bonds is 7. The van der Waals surface area contributed by atoms with Gasteiger partial charge in [0.25, 0.3) is 0 Å². The zero-order valence-electron chi connectivity index (χ0n) is 15.7. The number of ether oxygens (including phenoxy) is 2. The summed E-state index contributed by atoms with van der Waals surface area (Å²) in [5, 5.41) is 2.91. The van der Waals surface area contributed by atoms with Crippen molar-refractivity contribution in [2.24, 2.45) is 0 Å². The fourth-order valence-corrected chi connectivity index (χ4v) is 3.51. The minimum absolute atomic E-state index is 0.0481. The fourth-order valence-electron chi connectivity index (χ4n) is 3.51. The highest BCUT2D eigenvalue weighted by Crippen LogP contribution is 2.38. The van der Waals surface area contributed by atoms with E-state index >= 15 is 0 Å². The van der Waals surface area contributed by atoms with Gasteiger partial charge in [-0.25, -0.2) is 4.39 Å². The number of likely N-dealkylation sites (tertiary alicyclic amines) is 1. The lowest BCUT2D eigenvalue weighted by molar-refractivity contribution is -0.122. The van der Waals surface area contributed by atoms with Crippen LogP contribution in [0.15, 0.2) is 42.5 Å². The molecule has 0 radical (unpaired) electrons. The Kier molecular flexibility index (Phi) is 6.29. The van der Waals surface area contributed by atoms with Gasteiger partial charge in [0.2, 0.25) is 5.91 Å². The standard InChI is InChI=1S/C21H25FN2O3/c1-26-17-9-10-20(27-2)18(12-17)19-4-3-11-24(19)14-21(25)23-13-15-5-7-16(22)8-6-15/h5-10,12,19H,3-4,11,13-14H2,1-2H3,(H,23,25)/t19-/m1/s1. The number of carbonyl (C=O) groups is 1. The zero-order chi connectivity index (χ0) is 19.2. The first-order valence-corrected chi connectivity index (χ1v) is 9.08. The average Bonchev–Trinajstić information content (AvgIpc) is 3.14. The minimum atomic E-state index is -0.280. The van der Waals surface area contributed by atoms with Crippen LogP contribution in [0.2, 0.25) is 0 Å². The van der Waals surface area contributed by atoms with Gasteiger partial charge < -0.3 is 14.8 Å². The third-order valence-corrected chi connectivity index (χ3v) is 4.91. The Hall–Kier alpha value is -2.60. The monoisotopic (exact) mass is 372 g/mol. The van der Waals surface area contributed by atoms with Gasteiger partial charge in [-0.05, 0) is 55.3 Å². The molecule has 27 heavy (non-hydrogen) atoms. The molecule has 5 nitrogen and oxygen atoms in total. The van der Waals surface area contributed by atoms with E-state index in [1.165, 1.54) is 12.1 Å². The van der Waals surface area contributed by atoms with Gasteiger partial charge in [-0.3, -0.25) is 9.69 Å². The van der Waals surface area contributed by atoms with E-state index in [0.717, 1.165) is 42.0 Å². The van der Waals surface area contributed by atoms with E-state index < -0.39 is 0 Å². The van der Waals surface area contributed by atoms with Crippen LogP contribution in [0.25, 0.3) is 0 Å². The van der Waals surface area contributed by atoms with Crippen LogP contribution in [-0.2, 0) is 11.3 Å². The van der Waals surface area contributed by atoms with E-state index in [-0.39, 0.29) is 17.8 Å². The smallest absolute Gasteiger partial charge is 0.234 e. The number of nitrogens with zero attached hydrogens (tertiary/aromatic N) is 1. The van der Waals surface area contributed by atoms with E-state index in [2.05, 4.69) is 10.2 Å². The summed E-state index contributed by atoms with van der Waals surface area (Å²) in [6.45, 7) is 1.56. The lowest BCUT2D eigenvalue weighted by atomic mass is 10.0. The number of hydrogen-bond acceptors (Lipinski definition) is 4. The van der Waals surface area contributed by atoms with Crippen molar-refractivity contribution >= 4 is 5.91 Å². The highest BCUT2D eigenvalue weighted by Gasteiger charge is 2.30. The molecular formula is C21H25FN2O3. The molecule has 2 aromatic rings. The number of methoxy groups -OCH3 is 2. The fraction of sp³-hybridized carbons (Fsp3) is 0.381. The molecule has 1 aliphatic heterocycles. The molecule has 2 aromatic carbocycles. The zero-order valence-corrected chi connectivity index (χ0v) is 15.7. The predicted molar refractivity (Wildman–Crippen MR) is 101 cm³/mol. The maximum absolute atomic E-state index is 13.0. The van der Waals surface area contributed by atoms with Crippen molar-refractivity contribution in [2.75, 3.05) is 27.3 Å². The second kappa shape index (κ2) is 8.86. The molecular weight excluding hydrogens is 347 g/mol. The van der Waals surface area contributed by atoms with Crippen LogP contribution in [-0.4, -0.2) is 38.1 Å². The highest BCUT2D eigenvalue weighted by atomic mass is 19.1. The van der Waals surface area contributed by atoms with Crippen LogP contribution in [0, 0.1) is 5.82 Å². The Bertz CT molecular complexity index is 779. The molecule has 1 fully saturated rings. The average molecular weight is 372 g/mol. The van der Waals surface area contributed by atoms with Gasteiger partial charge in [-0.15, -0.1) is 0 Å². The second-order valence-corrected chi connectivity index (χ2v) is 6.64. The van der Waals surface area contributed by atoms with Crippen LogP contribution in [0.5, 0.6) is 11.5 Å². The van der Waals surface area contributed by atoms with Crippen molar-refractivity contribution in [3.63, 3.8) is 0 Å². The quantitative estimate of drug-likeness (QED) is 0.810. The number of nitrogens with one attached hydrogen (secondary N) is 1. The Morgan fingerprint density at radius 1 is 1.19 bits per heavy atom. The molecule has 3 rings (SSSR count). The Labute approximate surface area is 159 Å². The predicted octanol–water partition coefficient (Wildman–Crippen LogP) is 3.30. The van der Waals surface area contributed by atoms with Crippen LogP contribution >= 0.6 is 0 Å². The molecule has 1 atom stereocenters. The molecule has 1 N–H and O–H groups in total. The van der Waals surface area contributed by atoms with Crippen molar-refractivity contribution in [3.8, 4) is 11.5 Å². The maximum Gasteiger partial charge on any atom is 0.234 e. The SMILES string of the molecule is COc1ccc(OC)c([C@H]2CCCN2CC(=O)NCc2ccc(F)cc2)c1. The summed E-state index contributed by atoms with van der Waals surface area (Å²) >= 11 is 0. The number of benzene rings is 2. The molecule has 144 valence electrons. The van der Waals surface area contributed by atoms with Crippen LogP contribution in [0.3, 0.4) is 0 Å². The van der Waals surface area contributed by atoms with Crippen molar-refractivity contribution in [2.45, 2.75) is 25.4 Å². The summed E-state index contributed by atoms with van der Waals surface area (Å²) in [6, 6.07) is 12.0. The van der Waals surface area contributed by atoms with Crippen molar-refractivity contribution in [3.05, 3.63) is 59.4 Å². The topological polar surface area (TPSA) is 50.8 Å². The lowest BCUT2D eigenvalue weighted by Gasteiger charge is -2.26. The Morgan fingerprint density at radius 2 is 1.96 bits per heavy atom. The van der Waals surface area contributed by atoms with Crippen molar-refractivity contribution in [1.29, 1.82) is 0 Å². The van der Waals surface area contributed by atoms with Gasteiger partial charge in [0.1, 0.15) is 17.3 Å². The van der Waals surface area contributed by atoms with Crippen LogP contribution in [0.1, 0.15) is 30.0 Å².